The molecule has 0 bridgehead atoms. The van der Waals surface area contributed by atoms with Gasteiger partial charge in [-0.1, -0.05) is 12.1 Å². The van der Waals surface area contributed by atoms with Gasteiger partial charge in [0.1, 0.15) is 17.3 Å². The van der Waals surface area contributed by atoms with Crippen molar-refractivity contribution in [2.24, 2.45) is 0 Å². The summed E-state index contributed by atoms with van der Waals surface area (Å²) in [6.07, 6.45) is 0.595. The van der Waals surface area contributed by atoms with Gasteiger partial charge in [-0.25, -0.2) is 9.02 Å². The Morgan fingerprint density at radius 1 is 1.37 bits per heavy atom. The smallest absolute Gasteiger partial charge is 0.263 e. The molecule has 0 saturated carbocycles. The summed E-state index contributed by atoms with van der Waals surface area (Å²) in [6, 6.07) is 5.39. The van der Waals surface area contributed by atoms with Gasteiger partial charge < -0.3 is 10.1 Å². The van der Waals surface area contributed by atoms with Crippen molar-refractivity contribution in [3.05, 3.63) is 35.8 Å². The highest BCUT2D eigenvalue weighted by Gasteiger charge is 2.11. The highest BCUT2D eigenvalue weighted by atomic mass is 19.1. The first kappa shape index (κ1) is 13.0. The Balaban J connectivity index is 1.86. The number of amides is 1. The predicted molar refractivity (Wildman–Crippen MR) is 64.2 cm³/mol. The maximum atomic E-state index is 12.7. The quantitative estimate of drug-likeness (QED) is 0.891. The Hall–Kier alpha value is -2.44. The second-order valence-electron chi connectivity index (χ2n) is 3.70. The summed E-state index contributed by atoms with van der Waals surface area (Å²) in [6.45, 7) is 1.66. The first-order chi connectivity index (χ1) is 9.19. The van der Waals surface area contributed by atoms with Gasteiger partial charge in [0, 0.05) is 0 Å². The average molecular weight is 265 g/mol. The Bertz CT molecular complexity index is 554. The molecule has 100 valence electrons. The summed E-state index contributed by atoms with van der Waals surface area (Å²) in [5, 5.41) is 9.72. The van der Waals surface area contributed by atoms with Crippen LogP contribution < -0.4 is 10.1 Å². The second kappa shape index (κ2) is 5.94. The van der Waals surface area contributed by atoms with E-state index in [9.17, 15) is 9.18 Å². The molecule has 6 nitrogen and oxygen atoms in total. The number of aryl methyl sites for hydroxylation is 1. The lowest BCUT2D eigenvalue weighted by atomic mass is 10.3. The van der Waals surface area contributed by atoms with E-state index in [0.717, 1.165) is 0 Å². The van der Waals surface area contributed by atoms with E-state index in [4.69, 9.17) is 4.74 Å². The van der Waals surface area contributed by atoms with E-state index in [0.29, 0.717) is 17.9 Å². The number of benzene rings is 1. The van der Waals surface area contributed by atoms with E-state index in [1.165, 1.54) is 24.3 Å². The van der Waals surface area contributed by atoms with E-state index in [2.05, 4.69) is 20.3 Å². The zero-order valence-corrected chi connectivity index (χ0v) is 10.2. The zero-order valence-electron chi connectivity index (χ0n) is 10.2. The fourth-order valence-electron chi connectivity index (χ4n) is 1.38. The molecule has 2 rings (SSSR count). The molecule has 1 aromatic carbocycles. The van der Waals surface area contributed by atoms with Crippen LogP contribution in [0.15, 0.2) is 28.9 Å². The SMILES string of the molecule is CCc1nonc1NC(=O)COc1ccc(F)cc1. The van der Waals surface area contributed by atoms with Gasteiger partial charge in [0.25, 0.3) is 5.91 Å². The van der Waals surface area contributed by atoms with Crippen molar-refractivity contribution in [2.45, 2.75) is 13.3 Å². The molecule has 0 radical (unpaired) electrons. The molecule has 0 unspecified atom stereocenters. The third kappa shape index (κ3) is 3.51. The maximum Gasteiger partial charge on any atom is 0.263 e. The van der Waals surface area contributed by atoms with Crippen molar-refractivity contribution in [1.82, 2.24) is 10.3 Å². The van der Waals surface area contributed by atoms with Crippen LogP contribution in [-0.2, 0) is 11.2 Å². The van der Waals surface area contributed by atoms with E-state index in [1.807, 2.05) is 6.92 Å². The number of ether oxygens (including phenoxy) is 1. The summed E-state index contributed by atoms with van der Waals surface area (Å²) >= 11 is 0. The molecule has 0 aliphatic carbocycles. The minimum atomic E-state index is -0.394. The molecule has 7 heteroatoms. The van der Waals surface area contributed by atoms with Crippen LogP contribution in [0.1, 0.15) is 12.6 Å². The summed E-state index contributed by atoms with van der Waals surface area (Å²) in [7, 11) is 0. The van der Waals surface area contributed by atoms with Gasteiger partial charge in [-0.05, 0) is 35.8 Å². The first-order valence-electron chi connectivity index (χ1n) is 5.68. The van der Waals surface area contributed by atoms with Crippen LogP contribution in [0.25, 0.3) is 0 Å². The fraction of sp³-hybridized carbons (Fsp3) is 0.250. The molecular weight excluding hydrogens is 253 g/mol. The van der Waals surface area contributed by atoms with Crippen LogP contribution >= 0.6 is 0 Å². The van der Waals surface area contributed by atoms with Crippen molar-refractivity contribution < 1.29 is 18.6 Å². The van der Waals surface area contributed by atoms with Crippen LogP contribution in [0.5, 0.6) is 5.75 Å². The number of carbonyl (C=O) groups excluding carboxylic acids is 1. The van der Waals surface area contributed by atoms with Crippen LogP contribution in [-0.4, -0.2) is 22.8 Å². The van der Waals surface area contributed by atoms with E-state index in [1.54, 1.807) is 0 Å². The number of carbonyl (C=O) groups is 1. The second-order valence-corrected chi connectivity index (χ2v) is 3.70. The molecule has 0 fully saturated rings. The molecule has 1 aromatic heterocycles. The Labute approximate surface area is 108 Å². The van der Waals surface area contributed by atoms with Gasteiger partial charge in [0.05, 0.1) is 0 Å². The van der Waals surface area contributed by atoms with Crippen molar-refractivity contribution in [3.8, 4) is 5.75 Å². The summed E-state index contributed by atoms with van der Waals surface area (Å²) < 4.78 is 22.4. The monoisotopic (exact) mass is 265 g/mol. The summed E-state index contributed by atoms with van der Waals surface area (Å²) in [5.74, 6) is -0.0615. The maximum absolute atomic E-state index is 12.7. The molecule has 0 saturated heterocycles. The third-order valence-electron chi connectivity index (χ3n) is 2.33. The molecule has 1 N–H and O–H groups in total. The third-order valence-corrected chi connectivity index (χ3v) is 2.33. The van der Waals surface area contributed by atoms with Crippen LogP contribution in [0.2, 0.25) is 0 Å². The minimum Gasteiger partial charge on any atom is -0.484 e. The lowest BCUT2D eigenvalue weighted by Gasteiger charge is -2.05. The first-order valence-corrected chi connectivity index (χ1v) is 5.68. The van der Waals surface area contributed by atoms with Crippen molar-refractivity contribution in [2.75, 3.05) is 11.9 Å². The van der Waals surface area contributed by atoms with E-state index < -0.39 is 5.91 Å². The number of aromatic nitrogens is 2. The average Bonchev–Trinajstić information content (AvgIpc) is 2.85. The molecule has 0 atom stereocenters. The van der Waals surface area contributed by atoms with Crippen LogP contribution in [0, 0.1) is 5.82 Å². The van der Waals surface area contributed by atoms with Gasteiger partial charge in [-0.15, -0.1) is 0 Å². The standard InChI is InChI=1S/C12H12FN3O3/c1-2-10-12(16-19-15-10)14-11(17)7-18-9-5-3-8(13)4-6-9/h3-6H,2,7H2,1H3,(H,14,16,17). The predicted octanol–water partition coefficient (Wildman–Crippen LogP) is 1.79. The number of nitrogens with one attached hydrogen (secondary N) is 1. The Kier molecular flexibility index (Phi) is 4.07. The lowest BCUT2D eigenvalue weighted by molar-refractivity contribution is -0.118. The molecule has 1 heterocycles. The number of rotatable bonds is 5. The van der Waals surface area contributed by atoms with Crippen molar-refractivity contribution in [1.29, 1.82) is 0 Å². The lowest BCUT2D eigenvalue weighted by Crippen LogP contribution is -2.21. The Morgan fingerprint density at radius 2 is 2.11 bits per heavy atom. The summed E-state index contributed by atoms with van der Waals surface area (Å²) in [5.41, 5.74) is 0.565. The van der Waals surface area contributed by atoms with Gasteiger partial charge in [0.15, 0.2) is 6.61 Å². The van der Waals surface area contributed by atoms with Crippen molar-refractivity contribution in [3.63, 3.8) is 0 Å². The number of hydrogen-bond acceptors (Lipinski definition) is 5. The van der Waals surface area contributed by atoms with E-state index in [-0.39, 0.29) is 18.2 Å². The number of anilines is 1. The Morgan fingerprint density at radius 3 is 2.79 bits per heavy atom. The van der Waals surface area contributed by atoms with Crippen molar-refractivity contribution >= 4 is 11.7 Å². The molecule has 0 aliphatic heterocycles. The van der Waals surface area contributed by atoms with Gasteiger partial charge in [0.2, 0.25) is 5.82 Å². The topological polar surface area (TPSA) is 77.3 Å². The molecule has 1 amide bonds. The zero-order chi connectivity index (χ0) is 13.7. The molecule has 19 heavy (non-hydrogen) atoms. The largest absolute Gasteiger partial charge is 0.484 e. The molecule has 0 aliphatic rings. The number of halogens is 1. The highest BCUT2D eigenvalue weighted by Crippen LogP contribution is 2.12. The highest BCUT2D eigenvalue weighted by molar-refractivity contribution is 5.91. The minimum absolute atomic E-state index is 0.207. The van der Waals surface area contributed by atoms with Crippen LogP contribution in [0.3, 0.4) is 0 Å². The normalized spacial score (nSPS) is 10.2. The van der Waals surface area contributed by atoms with Gasteiger partial charge in [-0.3, -0.25) is 4.79 Å². The van der Waals surface area contributed by atoms with Gasteiger partial charge >= 0.3 is 0 Å². The number of nitrogens with zero attached hydrogens (tertiary/aromatic N) is 2. The fourth-order valence-corrected chi connectivity index (χ4v) is 1.38. The van der Waals surface area contributed by atoms with Crippen LogP contribution in [0.4, 0.5) is 10.2 Å². The molecule has 0 spiro atoms. The van der Waals surface area contributed by atoms with E-state index >= 15 is 0 Å². The van der Waals surface area contributed by atoms with Gasteiger partial charge in [-0.2, -0.15) is 0 Å². The molecular formula is C12H12FN3O3. The summed E-state index contributed by atoms with van der Waals surface area (Å²) in [4.78, 5) is 11.6. The molecule has 2 aromatic rings. The number of hydrogen-bond donors (Lipinski definition) is 1.